The maximum Gasteiger partial charge on any atom is 0.273 e. The fourth-order valence-electron chi connectivity index (χ4n) is 4.34. The summed E-state index contributed by atoms with van der Waals surface area (Å²) in [6, 6.07) is 8.21. The number of aliphatic hydroxyl groups is 1. The lowest BCUT2D eigenvalue weighted by atomic mass is 10.1. The summed E-state index contributed by atoms with van der Waals surface area (Å²) in [5.41, 5.74) is 0.503. The van der Waals surface area contributed by atoms with Crippen LogP contribution in [0, 0.1) is 12.7 Å². The molecule has 2 unspecified atom stereocenters. The van der Waals surface area contributed by atoms with Gasteiger partial charge in [-0.15, -0.1) is 0 Å². The van der Waals surface area contributed by atoms with Crippen LogP contribution in [0.3, 0.4) is 0 Å². The minimum atomic E-state index is -1.69. The molecule has 1 amide bonds. The molecule has 1 aliphatic carbocycles. The molecule has 1 fully saturated rings. The number of hydrogen-bond acceptors (Lipinski definition) is 5. The molecule has 3 aromatic rings. The fourth-order valence-corrected chi connectivity index (χ4v) is 4.81. The topological polar surface area (TPSA) is 96.6 Å². The van der Waals surface area contributed by atoms with Crippen LogP contribution in [0.2, 0.25) is 10.0 Å². The first-order valence-electron chi connectivity index (χ1n) is 12.6. The Morgan fingerprint density at radius 3 is 2.67 bits per heavy atom. The van der Waals surface area contributed by atoms with Gasteiger partial charge in [0.15, 0.2) is 5.82 Å². The van der Waals surface area contributed by atoms with Gasteiger partial charge in [0.2, 0.25) is 0 Å². The largest absolute Gasteiger partial charge is 0.381 e. The molecule has 0 bridgehead atoms. The van der Waals surface area contributed by atoms with Gasteiger partial charge in [-0.25, -0.2) is 4.39 Å². The van der Waals surface area contributed by atoms with Crippen molar-refractivity contribution < 1.29 is 14.3 Å². The molecular weight excluding hydrogens is 554 g/mol. The number of carbonyl (C=O) groups is 1. The van der Waals surface area contributed by atoms with Gasteiger partial charge in [-0.2, -0.15) is 0 Å². The summed E-state index contributed by atoms with van der Waals surface area (Å²) in [5.74, 6) is -1.23. The first-order valence-corrected chi connectivity index (χ1v) is 13.4. The Kier molecular flexibility index (Phi) is 8.73. The zero-order chi connectivity index (χ0) is 29.2. The highest BCUT2D eigenvalue weighted by molar-refractivity contribution is 6.31. The third-order valence-corrected chi connectivity index (χ3v) is 7.16. The normalized spacial score (nSPS) is 17.6. The maximum absolute atomic E-state index is 15.5. The van der Waals surface area contributed by atoms with Crippen LogP contribution in [0.4, 0.5) is 10.1 Å². The number of hydrogen-bond donors (Lipinski definition) is 2. The Hall–Kier alpha value is -3.59. The Morgan fingerprint density at radius 2 is 2.00 bits per heavy atom. The van der Waals surface area contributed by atoms with Gasteiger partial charge >= 0.3 is 0 Å². The van der Waals surface area contributed by atoms with Crippen LogP contribution in [0.5, 0.6) is 0 Å². The van der Waals surface area contributed by atoms with Crippen LogP contribution < -0.4 is 10.9 Å². The average molecular weight is 583 g/mol. The van der Waals surface area contributed by atoms with Crippen molar-refractivity contribution in [1.29, 1.82) is 0 Å². The standard InChI is InChI=1S/C30H29Cl2FN4O3/c1-5-10-35-24(20-7-6-8-25(27(20)33)36-29(39)30(3,4)40)9-11-37-17(2)12-23(26(32)28(37)38)22-14-21(22)18-13-19(31)16-34-15-18/h5-13,15-16,21-22,40H,14H2,1-4H3,(H,36,39)/b10-5+,11-9+,35-24-. The molecule has 2 atom stereocenters. The van der Waals surface area contributed by atoms with Crippen molar-refractivity contribution in [2.24, 2.45) is 4.99 Å². The van der Waals surface area contributed by atoms with Gasteiger partial charge in [0.25, 0.3) is 11.5 Å². The Bertz CT molecular complexity index is 1610. The molecule has 0 spiro atoms. The highest BCUT2D eigenvalue weighted by Gasteiger charge is 2.41. The van der Waals surface area contributed by atoms with Gasteiger partial charge in [-0.1, -0.05) is 35.3 Å². The summed E-state index contributed by atoms with van der Waals surface area (Å²) in [6.07, 6.45) is 10.3. The molecule has 0 aliphatic heterocycles. The van der Waals surface area contributed by atoms with E-state index in [0.29, 0.717) is 10.7 Å². The molecule has 40 heavy (non-hydrogen) atoms. The Labute approximate surface area is 241 Å². The van der Waals surface area contributed by atoms with E-state index in [1.54, 1.807) is 38.4 Å². The number of pyridine rings is 2. The predicted octanol–water partition coefficient (Wildman–Crippen LogP) is 6.47. The van der Waals surface area contributed by atoms with Crippen molar-refractivity contribution in [2.45, 2.75) is 51.6 Å². The van der Waals surface area contributed by atoms with Gasteiger partial charge in [-0.05, 0) is 87.4 Å². The SMILES string of the molecule is C/C=C/N=C(/C=C/n1c(C)cc(C2CC2c2cncc(Cl)c2)c(Cl)c1=O)c1cccc(NC(=O)C(C)(C)O)c1F. The zero-order valence-corrected chi connectivity index (χ0v) is 24.0. The molecule has 208 valence electrons. The van der Waals surface area contributed by atoms with Crippen LogP contribution >= 0.6 is 23.2 Å². The van der Waals surface area contributed by atoms with Crippen LogP contribution in [0.15, 0.2) is 70.9 Å². The number of halogens is 3. The maximum atomic E-state index is 15.5. The molecule has 1 aromatic carbocycles. The Morgan fingerprint density at radius 1 is 1.25 bits per heavy atom. The highest BCUT2D eigenvalue weighted by Crippen LogP contribution is 2.55. The second kappa shape index (κ2) is 11.9. The second-order valence-corrected chi connectivity index (χ2v) is 10.9. The van der Waals surface area contributed by atoms with Crippen molar-refractivity contribution in [1.82, 2.24) is 9.55 Å². The van der Waals surface area contributed by atoms with E-state index in [1.807, 2.05) is 12.1 Å². The number of allylic oxidation sites excluding steroid dienone is 2. The number of carbonyl (C=O) groups excluding carboxylic acids is 1. The monoisotopic (exact) mass is 582 g/mol. The third kappa shape index (κ3) is 6.41. The van der Waals surface area contributed by atoms with Gasteiger partial charge < -0.3 is 10.4 Å². The first kappa shape index (κ1) is 29.4. The van der Waals surface area contributed by atoms with Crippen LogP contribution in [0.25, 0.3) is 6.20 Å². The molecule has 2 heterocycles. The van der Waals surface area contributed by atoms with Crippen LogP contribution in [-0.4, -0.2) is 31.9 Å². The lowest BCUT2D eigenvalue weighted by Gasteiger charge is -2.17. The summed E-state index contributed by atoms with van der Waals surface area (Å²) in [7, 11) is 0. The molecule has 1 saturated carbocycles. The number of nitrogens with one attached hydrogen (secondary N) is 1. The van der Waals surface area contributed by atoms with Gasteiger partial charge in [0.05, 0.1) is 16.4 Å². The fraction of sp³-hybridized carbons (Fsp3) is 0.267. The van der Waals surface area contributed by atoms with Gasteiger partial charge in [0.1, 0.15) is 10.6 Å². The van der Waals surface area contributed by atoms with E-state index in [4.69, 9.17) is 23.2 Å². The van der Waals surface area contributed by atoms with E-state index in [-0.39, 0.29) is 33.8 Å². The van der Waals surface area contributed by atoms with E-state index in [9.17, 15) is 14.7 Å². The number of rotatable bonds is 8. The van der Waals surface area contributed by atoms with Crippen LogP contribution in [0.1, 0.15) is 61.4 Å². The summed E-state index contributed by atoms with van der Waals surface area (Å²) in [6.45, 7) is 6.17. The van der Waals surface area contributed by atoms with Crippen molar-refractivity contribution in [3.8, 4) is 0 Å². The third-order valence-electron chi connectivity index (χ3n) is 6.57. The van der Waals surface area contributed by atoms with Crippen molar-refractivity contribution in [3.63, 3.8) is 0 Å². The second-order valence-electron chi connectivity index (χ2n) is 10.1. The summed E-state index contributed by atoms with van der Waals surface area (Å²) in [5, 5.41) is 13.0. The molecule has 4 rings (SSSR count). The number of aliphatic imine (C=N–C) groups is 1. The summed E-state index contributed by atoms with van der Waals surface area (Å²) in [4.78, 5) is 34.0. The zero-order valence-electron chi connectivity index (χ0n) is 22.5. The first-order chi connectivity index (χ1) is 18.9. The molecule has 0 radical (unpaired) electrons. The Balaban J connectivity index is 1.65. The van der Waals surface area contributed by atoms with Crippen molar-refractivity contribution in [3.05, 3.63) is 110 Å². The summed E-state index contributed by atoms with van der Waals surface area (Å²) >= 11 is 12.7. The average Bonchev–Trinajstić information content (AvgIpc) is 3.69. The van der Waals surface area contributed by atoms with Gasteiger partial charge in [-0.3, -0.25) is 24.1 Å². The number of aromatic nitrogens is 2. The molecular formula is C30H29Cl2FN4O3. The van der Waals surface area contributed by atoms with E-state index in [2.05, 4.69) is 15.3 Å². The van der Waals surface area contributed by atoms with E-state index in [0.717, 1.165) is 17.5 Å². The van der Waals surface area contributed by atoms with Crippen LogP contribution in [-0.2, 0) is 4.79 Å². The minimum Gasteiger partial charge on any atom is -0.381 e. The summed E-state index contributed by atoms with van der Waals surface area (Å²) < 4.78 is 16.8. The number of nitrogens with zero attached hydrogens (tertiary/aromatic N) is 3. The van der Waals surface area contributed by atoms with Crippen molar-refractivity contribution >= 4 is 46.7 Å². The van der Waals surface area contributed by atoms with E-state index < -0.39 is 22.9 Å². The number of amides is 1. The molecule has 7 nitrogen and oxygen atoms in total. The number of aryl methyl sites for hydroxylation is 1. The van der Waals surface area contributed by atoms with E-state index >= 15 is 4.39 Å². The smallest absolute Gasteiger partial charge is 0.273 e. The number of anilines is 1. The van der Waals surface area contributed by atoms with Gasteiger partial charge in [0, 0.05) is 36.1 Å². The molecule has 1 aliphatic rings. The highest BCUT2D eigenvalue weighted by atomic mass is 35.5. The molecule has 10 heteroatoms. The quantitative estimate of drug-likeness (QED) is 0.297. The predicted molar refractivity (Wildman–Crippen MR) is 158 cm³/mol. The van der Waals surface area contributed by atoms with E-state index in [1.165, 1.54) is 49.0 Å². The number of benzene rings is 1. The molecule has 2 aromatic heterocycles. The minimum absolute atomic E-state index is 0.0838. The molecule has 2 N–H and O–H groups in total. The molecule has 0 saturated heterocycles. The lowest BCUT2D eigenvalue weighted by Crippen LogP contribution is -2.37. The lowest BCUT2D eigenvalue weighted by molar-refractivity contribution is -0.130. The van der Waals surface area contributed by atoms with Crippen molar-refractivity contribution in [2.75, 3.05) is 5.32 Å².